The van der Waals surface area contributed by atoms with Crippen LogP contribution in [0, 0.1) is 22.0 Å². The average Bonchev–Trinajstić information content (AvgIpc) is 2.50. The van der Waals surface area contributed by atoms with E-state index in [2.05, 4.69) is 18.8 Å². The van der Waals surface area contributed by atoms with E-state index < -0.39 is 6.04 Å². The van der Waals surface area contributed by atoms with Gasteiger partial charge in [-0.25, -0.2) is 0 Å². The fraction of sp³-hybridized carbons (Fsp3) is 0.722. The summed E-state index contributed by atoms with van der Waals surface area (Å²) in [6.45, 7) is 2.20. The van der Waals surface area contributed by atoms with Crippen molar-refractivity contribution < 1.29 is 9.72 Å². The summed E-state index contributed by atoms with van der Waals surface area (Å²) in [5.74, 6) is 5.95. The molecule has 0 aromatic carbocycles. The molecule has 0 spiro atoms. The van der Waals surface area contributed by atoms with Crippen molar-refractivity contribution in [1.29, 1.82) is 0 Å². The average molecular weight is 306 g/mol. The summed E-state index contributed by atoms with van der Waals surface area (Å²) in [4.78, 5) is 20.6. The fourth-order valence-electron chi connectivity index (χ4n) is 2.02. The second-order valence-corrected chi connectivity index (χ2v) is 5.39. The van der Waals surface area contributed by atoms with Crippen molar-refractivity contribution in [3.05, 3.63) is 22.3 Å². The minimum Gasteiger partial charge on any atom is -0.291 e. The van der Waals surface area contributed by atoms with E-state index in [9.17, 15) is 14.9 Å². The predicted octanol–water partition coefficient (Wildman–Crippen LogP) is 4.61. The Balaban J connectivity index is 3.83. The van der Waals surface area contributed by atoms with Gasteiger partial charge in [-0.3, -0.25) is 14.9 Å². The van der Waals surface area contributed by atoms with Crippen LogP contribution in [0.5, 0.6) is 0 Å². The Hall–Kier alpha value is -1.63. The molecule has 22 heavy (non-hydrogen) atoms. The molecule has 0 aliphatic carbocycles. The van der Waals surface area contributed by atoms with Gasteiger partial charge in [0.2, 0.25) is 6.04 Å². The second kappa shape index (κ2) is 15.8. The number of carbonyl (C=O) groups excluding carboxylic acids is 1. The van der Waals surface area contributed by atoms with Crippen LogP contribution in [0.2, 0.25) is 0 Å². The van der Waals surface area contributed by atoms with E-state index in [4.69, 9.17) is 0 Å². The molecule has 123 valence electrons. The Morgan fingerprint density at radius 3 is 2.45 bits per heavy atom. The zero-order chi connectivity index (χ0) is 16.5. The van der Waals surface area contributed by atoms with Crippen LogP contribution in [0.15, 0.2) is 12.2 Å². The van der Waals surface area contributed by atoms with E-state index in [0.29, 0.717) is 19.3 Å². The predicted molar refractivity (Wildman–Crippen MR) is 89.9 cm³/mol. The summed E-state index contributed by atoms with van der Waals surface area (Å²) in [6, 6.07) is -0.739. The highest BCUT2D eigenvalue weighted by molar-refractivity contribution is 5.50. The molecule has 0 aliphatic rings. The van der Waals surface area contributed by atoms with E-state index in [1.54, 1.807) is 12.2 Å². The standard InChI is InChI=1S/C18H28NO3/c1-2-3-4-5-6-7-8-9-12-15-18(19(21)22)16-13-10-11-14-17-20/h13,16,18H,2-8,10-11,14-15H2,1H3. The highest BCUT2D eigenvalue weighted by Crippen LogP contribution is 2.06. The molecule has 1 unspecified atom stereocenters. The van der Waals surface area contributed by atoms with Gasteiger partial charge in [0.25, 0.3) is 0 Å². The molecule has 4 heteroatoms. The molecule has 0 amide bonds. The van der Waals surface area contributed by atoms with Gasteiger partial charge in [-0.05, 0) is 25.3 Å². The molecule has 0 aliphatic heterocycles. The normalized spacial score (nSPS) is 11.9. The van der Waals surface area contributed by atoms with E-state index in [1.807, 2.05) is 6.29 Å². The van der Waals surface area contributed by atoms with Crippen molar-refractivity contribution >= 4 is 6.29 Å². The second-order valence-electron chi connectivity index (χ2n) is 5.39. The molecular formula is C18H28NO3. The van der Waals surface area contributed by atoms with Crippen molar-refractivity contribution in [1.82, 2.24) is 0 Å². The van der Waals surface area contributed by atoms with Crippen LogP contribution in [-0.2, 0) is 4.79 Å². The van der Waals surface area contributed by atoms with Gasteiger partial charge in [0.05, 0.1) is 6.42 Å². The lowest BCUT2D eigenvalue weighted by molar-refractivity contribution is -0.508. The third-order valence-corrected chi connectivity index (χ3v) is 3.37. The van der Waals surface area contributed by atoms with Gasteiger partial charge in [0, 0.05) is 17.8 Å². The van der Waals surface area contributed by atoms with E-state index in [1.165, 1.54) is 32.1 Å². The van der Waals surface area contributed by atoms with Crippen LogP contribution < -0.4 is 0 Å². The first-order chi connectivity index (χ1) is 10.7. The monoisotopic (exact) mass is 306 g/mol. The maximum absolute atomic E-state index is 10.9. The molecule has 0 saturated carbocycles. The largest absolute Gasteiger partial charge is 0.291 e. The molecule has 0 bridgehead atoms. The van der Waals surface area contributed by atoms with Gasteiger partial charge in [-0.15, -0.1) is 5.92 Å². The van der Waals surface area contributed by atoms with Gasteiger partial charge in [0.1, 0.15) is 0 Å². The number of allylic oxidation sites excluding steroid dienone is 1. The van der Waals surface area contributed by atoms with Crippen molar-refractivity contribution in [2.75, 3.05) is 0 Å². The minimum absolute atomic E-state index is 0.263. The van der Waals surface area contributed by atoms with Crippen molar-refractivity contribution in [2.24, 2.45) is 0 Å². The fourth-order valence-corrected chi connectivity index (χ4v) is 2.02. The molecule has 0 aromatic rings. The number of hydrogen-bond acceptors (Lipinski definition) is 3. The van der Waals surface area contributed by atoms with Crippen molar-refractivity contribution in [3.8, 4) is 11.8 Å². The summed E-state index contributed by atoms with van der Waals surface area (Å²) >= 11 is 0. The van der Waals surface area contributed by atoms with E-state index in [0.717, 1.165) is 12.8 Å². The Kier molecular flexibility index (Phi) is 14.6. The van der Waals surface area contributed by atoms with Crippen LogP contribution in [0.3, 0.4) is 0 Å². The lowest BCUT2D eigenvalue weighted by Gasteiger charge is -1.99. The third-order valence-electron chi connectivity index (χ3n) is 3.37. The Morgan fingerprint density at radius 2 is 1.77 bits per heavy atom. The first-order valence-electron chi connectivity index (χ1n) is 8.33. The van der Waals surface area contributed by atoms with E-state index >= 15 is 0 Å². The summed E-state index contributed by atoms with van der Waals surface area (Å²) in [7, 11) is 0. The minimum atomic E-state index is -0.739. The van der Waals surface area contributed by atoms with Gasteiger partial charge >= 0.3 is 0 Å². The molecule has 0 N–H and O–H groups in total. The maximum Gasteiger partial charge on any atom is 0.242 e. The molecule has 0 heterocycles. The Labute approximate surface area is 134 Å². The first-order valence-corrected chi connectivity index (χ1v) is 8.33. The molecule has 0 fully saturated rings. The van der Waals surface area contributed by atoms with Crippen LogP contribution in [-0.4, -0.2) is 17.3 Å². The molecule has 0 saturated heterocycles. The van der Waals surface area contributed by atoms with Crippen molar-refractivity contribution in [3.63, 3.8) is 0 Å². The summed E-state index contributed by atoms with van der Waals surface area (Å²) in [6.07, 6.45) is 15.4. The van der Waals surface area contributed by atoms with Gasteiger partial charge in [0.15, 0.2) is 6.29 Å². The first kappa shape index (κ1) is 20.4. The molecule has 0 aromatic heterocycles. The van der Waals surface area contributed by atoms with Gasteiger partial charge in [-0.2, -0.15) is 0 Å². The Bertz CT molecular complexity index is 380. The van der Waals surface area contributed by atoms with Gasteiger partial charge in [-0.1, -0.05) is 51.0 Å². The quantitative estimate of drug-likeness (QED) is 0.164. The zero-order valence-corrected chi connectivity index (χ0v) is 13.7. The highest BCUT2D eigenvalue weighted by Gasteiger charge is 2.13. The van der Waals surface area contributed by atoms with E-state index in [-0.39, 0.29) is 11.3 Å². The molecule has 1 radical (unpaired) electrons. The third kappa shape index (κ3) is 13.4. The van der Waals surface area contributed by atoms with Crippen LogP contribution in [0.4, 0.5) is 0 Å². The molecule has 1 atom stereocenters. The number of unbranched alkanes of at least 4 members (excludes halogenated alkanes) is 8. The lowest BCUT2D eigenvalue weighted by atomic mass is 10.1. The number of hydrogen-bond donors (Lipinski definition) is 0. The van der Waals surface area contributed by atoms with Crippen LogP contribution in [0.25, 0.3) is 0 Å². The molecular weight excluding hydrogens is 278 g/mol. The summed E-state index contributed by atoms with van der Waals surface area (Å²) < 4.78 is 0. The lowest BCUT2D eigenvalue weighted by Crippen LogP contribution is -2.15. The van der Waals surface area contributed by atoms with Gasteiger partial charge < -0.3 is 0 Å². The Morgan fingerprint density at radius 1 is 1.05 bits per heavy atom. The molecule has 0 rings (SSSR count). The molecule has 4 nitrogen and oxygen atoms in total. The zero-order valence-electron chi connectivity index (χ0n) is 13.7. The van der Waals surface area contributed by atoms with Crippen molar-refractivity contribution in [2.45, 2.75) is 83.6 Å². The maximum atomic E-state index is 10.9. The summed E-state index contributed by atoms with van der Waals surface area (Å²) in [5, 5.41) is 10.9. The smallest absolute Gasteiger partial charge is 0.242 e. The number of nitro groups is 1. The highest BCUT2D eigenvalue weighted by atomic mass is 16.6. The summed E-state index contributed by atoms with van der Waals surface area (Å²) in [5.41, 5.74) is 0. The number of rotatable bonds is 13. The SMILES string of the molecule is CCCCCCCCC#CCC(C=CCCC[C]=O)[N+](=O)[O-]. The van der Waals surface area contributed by atoms with Crippen LogP contribution in [0.1, 0.15) is 77.6 Å². The van der Waals surface area contributed by atoms with Crippen LogP contribution >= 0.6 is 0 Å². The topological polar surface area (TPSA) is 60.2 Å². The number of nitrogens with zero attached hydrogens (tertiary/aromatic N) is 1.